The Hall–Kier alpha value is -1.02. The van der Waals surface area contributed by atoms with Gasteiger partial charge in [-0.1, -0.05) is 16.5 Å². The zero-order valence-electron chi connectivity index (χ0n) is 9.76. The summed E-state index contributed by atoms with van der Waals surface area (Å²) in [5.41, 5.74) is -1.54. The molecular formula is C9H9F3O5PS+. The first-order valence-corrected chi connectivity index (χ1v) is 7.78. The van der Waals surface area contributed by atoms with Crippen LogP contribution in [0.1, 0.15) is 11.1 Å². The van der Waals surface area contributed by atoms with Crippen molar-refractivity contribution in [3.8, 4) is 0 Å². The minimum atomic E-state index is -4.87. The highest BCUT2D eigenvalue weighted by molar-refractivity contribution is 7.86. The molecule has 1 rings (SSSR count). The second-order valence-corrected chi connectivity index (χ2v) is 5.97. The fraction of sp³-hybridized carbons (Fsp3) is 0.333. The number of aryl methyl sites for hydroxylation is 1. The Morgan fingerprint density at radius 2 is 1.84 bits per heavy atom. The molecule has 0 amide bonds. The summed E-state index contributed by atoms with van der Waals surface area (Å²) in [5.74, 6) is 0. The molecule has 106 valence electrons. The Kier molecular flexibility index (Phi) is 4.67. The number of hydrogen-bond donors (Lipinski definition) is 0. The van der Waals surface area contributed by atoms with Crippen LogP contribution in [0.15, 0.2) is 23.1 Å². The number of benzene rings is 1. The predicted octanol–water partition coefficient (Wildman–Crippen LogP) is 3.02. The molecule has 0 aromatic heterocycles. The van der Waals surface area contributed by atoms with E-state index < -0.39 is 34.8 Å². The molecule has 0 N–H and O–H groups in total. The third kappa shape index (κ3) is 3.97. The van der Waals surface area contributed by atoms with E-state index >= 15 is 0 Å². The van der Waals surface area contributed by atoms with Crippen LogP contribution in [-0.4, -0.2) is 15.1 Å². The van der Waals surface area contributed by atoms with Crippen LogP contribution in [0.2, 0.25) is 0 Å². The van der Waals surface area contributed by atoms with E-state index in [0.29, 0.717) is 6.07 Å². The molecule has 0 bridgehead atoms. The van der Waals surface area contributed by atoms with Gasteiger partial charge in [-0.15, -0.1) is 0 Å². The molecule has 0 spiro atoms. The Labute approximate surface area is 108 Å². The molecule has 0 fully saturated rings. The van der Waals surface area contributed by atoms with Crippen molar-refractivity contribution in [2.24, 2.45) is 0 Å². The van der Waals surface area contributed by atoms with E-state index in [1.165, 1.54) is 13.0 Å². The molecule has 19 heavy (non-hydrogen) atoms. The Morgan fingerprint density at radius 1 is 1.26 bits per heavy atom. The number of rotatable bonds is 4. The van der Waals surface area contributed by atoms with Crippen LogP contribution in [0.25, 0.3) is 0 Å². The lowest BCUT2D eigenvalue weighted by Gasteiger charge is -2.13. The zero-order chi connectivity index (χ0) is 14.8. The SMILES string of the molecule is Cc1cccc(C(F)(F)F)c1S(=O)(=O)OO[P+](C)=O. The van der Waals surface area contributed by atoms with Crippen LogP contribution in [0.3, 0.4) is 0 Å². The van der Waals surface area contributed by atoms with Gasteiger partial charge in [-0.25, -0.2) is 0 Å². The number of alkyl halides is 3. The molecule has 0 aliphatic heterocycles. The second-order valence-electron chi connectivity index (χ2n) is 3.49. The summed E-state index contributed by atoms with van der Waals surface area (Å²) < 4.78 is 79.9. The molecule has 0 saturated carbocycles. The maximum absolute atomic E-state index is 12.7. The fourth-order valence-corrected chi connectivity index (χ4v) is 2.97. The van der Waals surface area contributed by atoms with Crippen LogP contribution in [0.4, 0.5) is 13.2 Å². The van der Waals surface area contributed by atoms with E-state index in [4.69, 9.17) is 0 Å². The van der Waals surface area contributed by atoms with Crippen molar-refractivity contribution >= 4 is 18.1 Å². The normalized spacial score (nSPS) is 13.4. The van der Waals surface area contributed by atoms with E-state index in [9.17, 15) is 26.2 Å². The lowest BCUT2D eigenvalue weighted by Crippen LogP contribution is -2.16. The van der Waals surface area contributed by atoms with Gasteiger partial charge in [0.1, 0.15) is 4.90 Å². The molecule has 0 aliphatic carbocycles. The van der Waals surface area contributed by atoms with Crippen molar-refractivity contribution in [1.29, 1.82) is 0 Å². The molecule has 0 heterocycles. The maximum Gasteiger partial charge on any atom is 0.537 e. The summed E-state index contributed by atoms with van der Waals surface area (Å²) in [6, 6.07) is 2.85. The molecule has 1 atom stereocenters. The van der Waals surface area contributed by atoms with E-state index in [0.717, 1.165) is 12.7 Å². The number of halogens is 3. The third-order valence-corrected chi connectivity index (χ3v) is 3.67. The summed E-state index contributed by atoms with van der Waals surface area (Å²) >= 11 is 0. The standard InChI is InChI=1S/C9H9F3O5PS/c1-6-4-3-5-7(9(10,11)12)8(6)19(14,15)17-16-18(2)13/h3-5H,1-2H3/q+1. The van der Waals surface area contributed by atoms with Crippen LogP contribution < -0.4 is 0 Å². The third-order valence-electron chi connectivity index (χ3n) is 1.99. The van der Waals surface area contributed by atoms with Gasteiger partial charge in [-0.05, 0) is 23.1 Å². The molecule has 5 nitrogen and oxygen atoms in total. The highest BCUT2D eigenvalue weighted by atomic mass is 32.2. The highest BCUT2D eigenvalue weighted by Gasteiger charge is 2.39. The van der Waals surface area contributed by atoms with Gasteiger partial charge in [0.15, 0.2) is 6.66 Å². The van der Waals surface area contributed by atoms with E-state index in [-0.39, 0.29) is 5.56 Å². The van der Waals surface area contributed by atoms with Crippen LogP contribution >= 0.6 is 8.03 Å². The molecule has 0 radical (unpaired) electrons. The summed E-state index contributed by atoms with van der Waals surface area (Å²) in [5, 5.41) is 0. The van der Waals surface area contributed by atoms with Gasteiger partial charge >= 0.3 is 24.3 Å². The second kappa shape index (κ2) is 5.54. The molecule has 1 aromatic carbocycles. The lowest BCUT2D eigenvalue weighted by atomic mass is 10.1. The maximum atomic E-state index is 12.7. The molecule has 10 heteroatoms. The average Bonchev–Trinajstić information content (AvgIpc) is 2.24. The largest absolute Gasteiger partial charge is 0.537 e. The van der Waals surface area contributed by atoms with E-state index in [1.807, 2.05) is 0 Å². The monoisotopic (exact) mass is 317 g/mol. The molecule has 1 aromatic rings. The predicted molar refractivity (Wildman–Crippen MR) is 59.1 cm³/mol. The average molecular weight is 317 g/mol. The first kappa shape index (κ1) is 16.0. The first-order valence-electron chi connectivity index (χ1n) is 4.74. The minimum Gasteiger partial charge on any atom is -0.191 e. The first-order chi connectivity index (χ1) is 8.55. The summed E-state index contributed by atoms with van der Waals surface area (Å²) in [7, 11) is -7.26. The molecule has 1 unspecified atom stereocenters. The summed E-state index contributed by atoms with van der Waals surface area (Å²) in [6.45, 7) is 2.17. The molecule has 0 aliphatic rings. The highest BCUT2D eigenvalue weighted by Crippen LogP contribution is 2.36. The Balaban J connectivity index is 3.37. The quantitative estimate of drug-likeness (QED) is 0.485. The topological polar surface area (TPSA) is 69.7 Å². The van der Waals surface area contributed by atoms with Crippen LogP contribution in [-0.2, 0) is 29.9 Å². The Bertz CT molecular complexity index is 596. The Morgan fingerprint density at radius 3 is 2.32 bits per heavy atom. The van der Waals surface area contributed by atoms with Crippen LogP contribution in [0.5, 0.6) is 0 Å². The number of hydrogen-bond acceptors (Lipinski definition) is 5. The van der Waals surface area contributed by atoms with Gasteiger partial charge in [0.2, 0.25) is 0 Å². The molecular weight excluding hydrogens is 308 g/mol. The van der Waals surface area contributed by atoms with Gasteiger partial charge in [0.25, 0.3) is 0 Å². The van der Waals surface area contributed by atoms with Crippen molar-refractivity contribution < 1.29 is 35.2 Å². The van der Waals surface area contributed by atoms with Crippen LogP contribution in [0, 0.1) is 6.92 Å². The zero-order valence-corrected chi connectivity index (χ0v) is 11.5. The van der Waals surface area contributed by atoms with Gasteiger partial charge in [0, 0.05) is 4.67 Å². The van der Waals surface area contributed by atoms with E-state index in [2.05, 4.69) is 9.01 Å². The van der Waals surface area contributed by atoms with Crippen molar-refractivity contribution in [2.75, 3.05) is 6.66 Å². The smallest absolute Gasteiger partial charge is 0.191 e. The lowest BCUT2D eigenvalue weighted by molar-refractivity contribution is -0.140. The van der Waals surface area contributed by atoms with Crippen molar-refractivity contribution in [2.45, 2.75) is 18.0 Å². The van der Waals surface area contributed by atoms with Gasteiger partial charge in [0.05, 0.1) is 5.56 Å². The summed E-state index contributed by atoms with van der Waals surface area (Å²) in [4.78, 5) is -1.06. The van der Waals surface area contributed by atoms with E-state index in [1.54, 1.807) is 0 Å². The van der Waals surface area contributed by atoms with Gasteiger partial charge in [-0.2, -0.15) is 21.6 Å². The van der Waals surface area contributed by atoms with Crippen molar-refractivity contribution in [1.82, 2.24) is 0 Å². The summed E-state index contributed by atoms with van der Waals surface area (Å²) in [6.07, 6.45) is -4.87. The van der Waals surface area contributed by atoms with Gasteiger partial charge in [-0.3, -0.25) is 0 Å². The van der Waals surface area contributed by atoms with Crippen molar-refractivity contribution in [3.63, 3.8) is 0 Å². The molecule has 0 saturated heterocycles. The van der Waals surface area contributed by atoms with Crippen molar-refractivity contribution in [3.05, 3.63) is 29.3 Å². The minimum absolute atomic E-state index is 0.162. The fourth-order valence-electron chi connectivity index (χ4n) is 1.32. The van der Waals surface area contributed by atoms with Gasteiger partial charge < -0.3 is 0 Å².